The highest BCUT2D eigenvalue weighted by atomic mass is 35.5. The summed E-state index contributed by atoms with van der Waals surface area (Å²) in [6, 6.07) is 12.1. The molecule has 41 heavy (non-hydrogen) atoms. The topological polar surface area (TPSA) is 103 Å². The Morgan fingerprint density at radius 1 is 1.05 bits per heavy atom. The van der Waals surface area contributed by atoms with E-state index in [9.17, 15) is 27.5 Å². The van der Waals surface area contributed by atoms with Gasteiger partial charge in [0, 0.05) is 17.8 Å². The van der Waals surface area contributed by atoms with Crippen molar-refractivity contribution in [2.75, 3.05) is 5.32 Å². The lowest BCUT2D eigenvalue weighted by atomic mass is 10.2. The quantitative estimate of drug-likeness (QED) is 0.163. The number of carbonyl (C=O) groups is 1. The lowest BCUT2D eigenvalue weighted by Crippen LogP contribution is -2.28. The fraction of sp³-hybridized carbons (Fsp3) is 0.250. The first-order valence-electron chi connectivity index (χ1n) is 12.5. The van der Waals surface area contributed by atoms with E-state index in [1.165, 1.54) is 30.3 Å². The smallest absolute Gasteiger partial charge is 0.491 e. The number of aromatic hydroxyl groups is 1. The number of phenols is 1. The first kappa shape index (κ1) is 28.2. The number of phenolic OH excluding ortho intramolecular Hbond substituents is 1. The molecule has 214 valence electrons. The average molecular weight is 592 g/mol. The van der Waals surface area contributed by atoms with Crippen molar-refractivity contribution in [3.8, 4) is 23.3 Å². The zero-order valence-electron chi connectivity index (χ0n) is 21.2. The third-order valence-corrected chi connectivity index (χ3v) is 6.51. The molecule has 0 atom stereocenters. The summed E-state index contributed by atoms with van der Waals surface area (Å²) in [6.07, 6.45) is -1.92. The molecule has 1 saturated carbocycles. The number of rotatable bonds is 8. The van der Waals surface area contributed by atoms with E-state index in [-0.39, 0.29) is 46.0 Å². The Morgan fingerprint density at radius 3 is 2.54 bits per heavy atom. The molecule has 0 spiro atoms. The largest absolute Gasteiger partial charge is 0.508 e. The van der Waals surface area contributed by atoms with Gasteiger partial charge in [-0.15, -0.1) is 0 Å². The minimum absolute atomic E-state index is 0.0263. The van der Waals surface area contributed by atoms with Crippen molar-refractivity contribution < 1.29 is 41.7 Å². The Kier molecular flexibility index (Phi) is 8.02. The lowest BCUT2D eigenvalue weighted by molar-refractivity contribution is -0.190. The van der Waals surface area contributed by atoms with Crippen LogP contribution in [-0.2, 0) is 11.4 Å². The first-order chi connectivity index (χ1) is 19.5. The van der Waals surface area contributed by atoms with Gasteiger partial charge in [0.2, 0.25) is 0 Å². The highest BCUT2D eigenvalue weighted by Crippen LogP contribution is 2.39. The van der Waals surface area contributed by atoms with Crippen molar-refractivity contribution in [1.29, 1.82) is 0 Å². The van der Waals surface area contributed by atoms with E-state index < -0.39 is 24.0 Å². The zero-order valence-corrected chi connectivity index (χ0v) is 21.9. The fourth-order valence-electron chi connectivity index (χ4n) is 4.37. The second-order valence-corrected chi connectivity index (χ2v) is 9.70. The molecule has 8 nitrogen and oxygen atoms in total. The lowest BCUT2D eigenvalue weighted by Gasteiger charge is -2.18. The number of hydrogen-bond donors (Lipinski definition) is 2. The van der Waals surface area contributed by atoms with Gasteiger partial charge in [-0.25, -0.2) is 9.18 Å². The molecule has 0 saturated heterocycles. The molecule has 1 aliphatic rings. The van der Waals surface area contributed by atoms with Crippen LogP contribution in [0.3, 0.4) is 0 Å². The van der Waals surface area contributed by atoms with Gasteiger partial charge in [0.1, 0.15) is 35.5 Å². The normalized spacial score (nSPS) is 13.8. The van der Waals surface area contributed by atoms with Crippen LogP contribution in [0, 0.1) is 5.82 Å². The minimum atomic E-state index is -5.28. The van der Waals surface area contributed by atoms with Gasteiger partial charge in [-0.2, -0.15) is 23.1 Å². The van der Waals surface area contributed by atoms with Gasteiger partial charge in [0.25, 0.3) is 0 Å². The standard InChI is InChI=1S/C28H22ClF4N3O5/c29-20-11-17(8-9-22(20)39-14-15-4-3-5-16(30)10-15)34-25-24-21(35-27(36-25)41-26(38)28(31,32)33)12-18(37)13-23(24)40-19-6-1-2-7-19/h3-5,8-13,19,37H,1-2,6-7,14H2,(H,34,35,36). The molecule has 0 radical (unpaired) electrons. The maximum absolute atomic E-state index is 13.5. The fourth-order valence-corrected chi connectivity index (χ4v) is 4.60. The number of ether oxygens (including phenoxy) is 3. The maximum atomic E-state index is 13.5. The van der Waals surface area contributed by atoms with E-state index in [0.29, 0.717) is 17.0 Å². The van der Waals surface area contributed by atoms with Crippen LogP contribution in [0.4, 0.5) is 29.1 Å². The molecule has 0 amide bonds. The van der Waals surface area contributed by atoms with Gasteiger partial charge in [-0.05, 0) is 61.6 Å². The summed E-state index contributed by atoms with van der Waals surface area (Å²) in [5.41, 5.74) is 0.914. The van der Waals surface area contributed by atoms with Gasteiger partial charge >= 0.3 is 18.2 Å². The van der Waals surface area contributed by atoms with Crippen LogP contribution in [0.2, 0.25) is 5.02 Å². The average Bonchev–Trinajstić information content (AvgIpc) is 3.40. The van der Waals surface area contributed by atoms with Gasteiger partial charge < -0.3 is 24.6 Å². The number of esters is 1. The van der Waals surface area contributed by atoms with E-state index in [2.05, 4.69) is 20.0 Å². The Labute approximate surface area is 235 Å². The van der Waals surface area contributed by atoms with Gasteiger partial charge in [0.15, 0.2) is 0 Å². The Morgan fingerprint density at radius 2 is 1.83 bits per heavy atom. The monoisotopic (exact) mass is 591 g/mol. The summed E-state index contributed by atoms with van der Waals surface area (Å²) in [5, 5.41) is 13.7. The van der Waals surface area contributed by atoms with Crippen LogP contribution >= 0.6 is 11.6 Å². The molecule has 4 aromatic rings. The molecule has 3 aromatic carbocycles. The van der Waals surface area contributed by atoms with Gasteiger partial charge in [-0.1, -0.05) is 23.7 Å². The molecular weight excluding hydrogens is 570 g/mol. The molecular formula is C28H22ClF4N3O5. The zero-order chi connectivity index (χ0) is 29.1. The first-order valence-corrected chi connectivity index (χ1v) is 12.9. The van der Waals surface area contributed by atoms with Crippen LogP contribution < -0.4 is 19.5 Å². The van der Waals surface area contributed by atoms with E-state index in [4.69, 9.17) is 21.1 Å². The van der Waals surface area contributed by atoms with Crippen LogP contribution in [0.25, 0.3) is 10.9 Å². The molecule has 13 heteroatoms. The second kappa shape index (κ2) is 11.7. The van der Waals surface area contributed by atoms with Crippen molar-refractivity contribution in [3.63, 3.8) is 0 Å². The molecule has 2 N–H and O–H groups in total. The van der Waals surface area contributed by atoms with Crippen LogP contribution in [0.15, 0.2) is 54.6 Å². The van der Waals surface area contributed by atoms with Crippen molar-refractivity contribution in [2.24, 2.45) is 0 Å². The van der Waals surface area contributed by atoms with E-state index in [1.54, 1.807) is 24.3 Å². The number of fused-ring (bicyclic) bond motifs is 1. The SMILES string of the molecule is O=C(Oc1nc(Nc2ccc(OCc3cccc(F)c3)c(Cl)c2)c2c(OC3CCCC3)cc(O)cc2n1)C(F)(F)F. The predicted octanol–water partition coefficient (Wildman–Crippen LogP) is 7.24. The van der Waals surface area contributed by atoms with Crippen LogP contribution in [-0.4, -0.2) is 33.3 Å². The number of benzene rings is 3. The van der Waals surface area contributed by atoms with Gasteiger partial charge in [0.05, 0.1) is 22.0 Å². The summed E-state index contributed by atoms with van der Waals surface area (Å²) in [4.78, 5) is 19.4. The summed E-state index contributed by atoms with van der Waals surface area (Å²) in [7, 11) is 0. The van der Waals surface area contributed by atoms with Crippen molar-refractivity contribution in [1.82, 2.24) is 9.97 Å². The summed E-state index contributed by atoms with van der Waals surface area (Å²) in [5.74, 6) is -2.73. The molecule has 5 rings (SSSR count). The molecule has 1 heterocycles. The summed E-state index contributed by atoms with van der Waals surface area (Å²) in [6.45, 7) is 0.0556. The van der Waals surface area contributed by atoms with Crippen molar-refractivity contribution in [2.45, 2.75) is 44.6 Å². The van der Waals surface area contributed by atoms with E-state index >= 15 is 0 Å². The molecule has 0 aliphatic heterocycles. The molecule has 1 aromatic heterocycles. The molecule has 0 bridgehead atoms. The number of hydrogen-bond acceptors (Lipinski definition) is 8. The Hall–Kier alpha value is -4.32. The predicted molar refractivity (Wildman–Crippen MR) is 141 cm³/mol. The number of anilines is 2. The van der Waals surface area contributed by atoms with Crippen molar-refractivity contribution in [3.05, 3.63) is 71.0 Å². The highest BCUT2D eigenvalue weighted by Gasteiger charge is 2.42. The number of alkyl halides is 3. The maximum Gasteiger partial charge on any atom is 0.491 e. The number of aromatic nitrogens is 2. The molecule has 0 unspecified atom stereocenters. The number of carbonyl (C=O) groups excluding carboxylic acids is 1. The van der Waals surface area contributed by atoms with E-state index in [1.807, 2.05) is 0 Å². The summed E-state index contributed by atoms with van der Waals surface area (Å²) >= 11 is 6.40. The number of halogens is 5. The molecule has 1 fully saturated rings. The number of nitrogens with one attached hydrogen (secondary N) is 1. The third-order valence-electron chi connectivity index (χ3n) is 6.22. The highest BCUT2D eigenvalue weighted by molar-refractivity contribution is 6.32. The van der Waals surface area contributed by atoms with Crippen LogP contribution in [0.1, 0.15) is 31.2 Å². The second-order valence-electron chi connectivity index (χ2n) is 9.29. The Balaban J connectivity index is 1.48. The summed E-state index contributed by atoms with van der Waals surface area (Å²) < 4.78 is 68.3. The number of nitrogens with zero attached hydrogens (tertiary/aromatic N) is 2. The molecule has 1 aliphatic carbocycles. The van der Waals surface area contributed by atoms with Crippen LogP contribution in [0.5, 0.6) is 23.3 Å². The third kappa shape index (κ3) is 6.88. The van der Waals surface area contributed by atoms with E-state index in [0.717, 1.165) is 25.7 Å². The van der Waals surface area contributed by atoms with Crippen molar-refractivity contribution >= 4 is 40.0 Å². The Bertz CT molecular complexity index is 1600. The van der Waals surface area contributed by atoms with Gasteiger partial charge in [-0.3, -0.25) is 0 Å². The minimum Gasteiger partial charge on any atom is -0.508 e.